The lowest BCUT2D eigenvalue weighted by atomic mass is 9.84. The normalized spacial score (nSPS) is 26.4. The first-order valence-electron chi connectivity index (χ1n) is 8.23. The van der Waals surface area contributed by atoms with Crippen LogP contribution in [0, 0.1) is 5.92 Å². The largest absolute Gasteiger partial charge is 0.354 e. The van der Waals surface area contributed by atoms with E-state index in [0.717, 1.165) is 24.0 Å². The van der Waals surface area contributed by atoms with Crippen LogP contribution in [0.4, 0.5) is 0 Å². The Kier molecular flexibility index (Phi) is 6.67. The Labute approximate surface area is 158 Å². The van der Waals surface area contributed by atoms with Crippen molar-refractivity contribution in [3.05, 3.63) is 34.3 Å². The molecule has 1 aromatic carbocycles. The SMILES string of the molecule is CC(C)(CNC(=O)C1NNC2CCNCC21)c1ccc(Br)cc1.Cl. The van der Waals surface area contributed by atoms with E-state index in [-0.39, 0.29) is 29.8 Å². The highest BCUT2D eigenvalue weighted by atomic mass is 79.9. The zero-order valence-electron chi connectivity index (χ0n) is 14.1. The molecule has 0 bridgehead atoms. The monoisotopic (exact) mass is 416 g/mol. The van der Waals surface area contributed by atoms with Crippen LogP contribution in [0.25, 0.3) is 0 Å². The lowest BCUT2D eigenvalue weighted by Gasteiger charge is -2.29. The Morgan fingerprint density at radius 2 is 2.00 bits per heavy atom. The molecule has 2 aliphatic heterocycles. The van der Waals surface area contributed by atoms with Crippen molar-refractivity contribution >= 4 is 34.2 Å². The summed E-state index contributed by atoms with van der Waals surface area (Å²) in [5.74, 6) is 0.401. The Bertz CT molecular complexity index is 566. The molecule has 0 saturated carbocycles. The zero-order chi connectivity index (χ0) is 16.4. The minimum atomic E-state index is -0.159. The first kappa shape index (κ1) is 19.7. The van der Waals surface area contributed by atoms with E-state index in [1.54, 1.807) is 0 Å². The summed E-state index contributed by atoms with van der Waals surface area (Å²) < 4.78 is 1.07. The standard InChI is InChI=1S/C17H25BrN4O.ClH/c1-17(2,11-3-5-12(18)6-4-11)10-20-16(23)15-13-9-19-8-7-14(13)21-22-15;/h3-6,13-15,19,21-22H,7-10H2,1-2H3,(H,20,23);1H. The van der Waals surface area contributed by atoms with Gasteiger partial charge in [0.2, 0.25) is 5.91 Å². The molecular weight excluding hydrogens is 392 g/mol. The summed E-state index contributed by atoms with van der Waals surface area (Å²) in [5, 5.41) is 6.51. The van der Waals surface area contributed by atoms with Gasteiger partial charge in [0.05, 0.1) is 0 Å². The number of benzene rings is 1. The molecule has 0 radical (unpaired) electrons. The van der Waals surface area contributed by atoms with Crippen molar-refractivity contribution in [2.75, 3.05) is 19.6 Å². The highest BCUT2D eigenvalue weighted by Gasteiger charge is 2.41. The third-order valence-corrected chi connectivity index (χ3v) is 5.52. The van der Waals surface area contributed by atoms with E-state index >= 15 is 0 Å². The number of hydrazine groups is 1. The fraction of sp³-hybridized carbons (Fsp3) is 0.588. The van der Waals surface area contributed by atoms with Crippen LogP contribution in [0.15, 0.2) is 28.7 Å². The summed E-state index contributed by atoms with van der Waals surface area (Å²) in [6.45, 7) is 6.83. The van der Waals surface area contributed by atoms with Crippen molar-refractivity contribution in [1.82, 2.24) is 21.5 Å². The smallest absolute Gasteiger partial charge is 0.238 e. The molecule has 2 fully saturated rings. The molecule has 0 aromatic heterocycles. The summed E-state index contributed by atoms with van der Waals surface area (Å²) in [6, 6.07) is 8.53. The van der Waals surface area contributed by atoms with Gasteiger partial charge in [0.25, 0.3) is 0 Å². The Morgan fingerprint density at radius 3 is 2.71 bits per heavy atom. The minimum Gasteiger partial charge on any atom is -0.354 e. The van der Waals surface area contributed by atoms with Gasteiger partial charge in [-0.3, -0.25) is 10.2 Å². The van der Waals surface area contributed by atoms with E-state index in [1.165, 1.54) is 5.56 Å². The molecule has 134 valence electrons. The second-order valence-corrected chi connectivity index (χ2v) is 8.05. The maximum atomic E-state index is 12.6. The van der Waals surface area contributed by atoms with Crippen LogP contribution in [-0.2, 0) is 10.2 Å². The van der Waals surface area contributed by atoms with Crippen LogP contribution < -0.4 is 21.5 Å². The summed E-state index contributed by atoms with van der Waals surface area (Å²) >= 11 is 3.46. The van der Waals surface area contributed by atoms with E-state index in [4.69, 9.17) is 0 Å². The topological polar surface area (TPSA) is 65.2 Å². The zero-order valence-corrected chi connectivity index (χ0v) is 16.5. The lowest BCUT2D eigenvalue weighted by Crippen LogP contribution is -2.51. The van der Waals surface area contributed by atoms with E-state index in [2.05, 4.69) is 63.4 Å². The van der Waals surface area contributed by atoms with E-state index in [9.17, 15) is 4.79 Å². The van der Waals surface area contributed by atoms with Crippen LogP contribution in [0.2, 0.25) is 0 Å². The fourth-order valence-electron chi connectivity index (χ4n) is 3.40. The number of carbonyl (C=O) groups excluding carboxylic acids is 1. The van der Waals surface area contributed by atoms with Gasteiger partial charge in [-0.25, -0.2) is 5.43 Å². The molecule has 0 aliphatic carbocycles. The van der Waals surface area contributed by atoms with Crippen LogP contribution in [-0.4, -0.2) is 37.6 Å². The molecule has 1 amide bonds. The highest BCUT2D eigenvalue weighted by Crippen LogP contribution is 2.25. The molecule has 2 aliphatic rings. The van der Waals surface area contributed by atoms with E-state index in [0.29, 0.717) is 18.5 Å². The number of carbonyl (C=O) groups is 1. The van der Waals surface area contributed by atoms with Crippen molar-refractivity contribution in [2.24, 2.45) is 5.92 Å². The molecular formula is C17H26BrClN4O. The van der Waals surface area contributed by atoms with Crippen LogP contribution in [0.1, 0.15) is 25.8 Å². The number of nitrogens with one attached hydrogen (secondary N) is 4. The van der Waals surface area contributed by atoms with Crippen LogP contribution in [0.3, 0.4) is 0 Å². The first-order chi connectivity index (χ1) is 11.0. The average molecular weight is 418 g/mol. The number of fused-ring (bicyclic) bond motifs is 1. The number of halogens is 2. The van der Waals surface area contributed by atoms with Crippen molar-refractivity contribution in [3.63, 3.8) is 0 Å². The Morgan fingerprint density at radius 1 is 1.29 bits per heavy atom. The third-order valence-electron chi connectivity index (χ3n) is 4.99. The Hall–Kier alpha value is -0.660. The maximum absolute atomic E-state index is 12.6. The van der Waals surface area contributed by atoms with Crippen molar-refractivity contribution in [3.8, 4) is 0 Å². The number of hydrogen-bond donors (Lipinski definition) is 4. The van der Waals surface area contributed by atoms with E-state index in [1.807, 2.05) is 12.1 Å². The predicted molar refractivity (Wildman–Crippen MR) is 102 cm³/mol. The summed E-state index contributed by atoms with van der Waals surface area (Å²) in [7, 11) is 0. The highest BCUT2D eigenvalue weighted by molar-refractivity contribution is 9.10. The first-order valence-corrected chi connectivity index (χ1v) is 9.02. The summed E-state index contributed by atoms with van der Waals surface area (Å²) in [6.07, 6.45) is 1.06. The van der Waals surface area contributed by atoms with E-state index < -0.39 is 0 Å². The fourth-order valence-corrected chi connectivity index (χ4v) is 3.66. The molecule has 4 N–H and O–H groups in total. The summed E-state index contributed by atoms with van der Waals surface area (Å²) in [4.78, 5) is 12.6. The minimum absolute atomic E-state index is 0. The molecule has 2 heterocycles. The second kappa shape index (κ2) is 8.15. The second-order valence-electron chi connectivity index (χ2n) is 7.14. The summed E-state index contributed by atoms with van der Waals surface area (Å²) in [5.41, 5.74) is 7.56. The van der Waals surface area contributed by atoms with Crippen LogP contribution >= 0.6 is 28.3 Å². The molecule has 0 spiro atoms. The van der Waals surface area contributed by atoms with Gasteiger partial charge in [-0.1, -0.05) is 41.9 Å². The number of rotatable bonds is 4. The molecule has 2 saturated heterocycles. The van der Waals surface area contributed by atoms with Gasteiger partial charge in [0, 0.05) is 34.9 Å². The number of amides is 1. The van der Waals surface area contributed by atoms with Gasteiger partial charge in [-0.05, 0) is 30.7 Å². The number of hydrogen-bond acceptors (Lipinski definition) is 4. The average Bonchev–Trinajstić information content (AvgIpc) is 2.97. The van der Waals surface area contributed by atoms with Crippen LogP contribution in [0.5, 0.6) is 0 Å². The lowest BCUT2D eigenvalue weighted by molar-refractivity contribution is -0.124. The molecule has 1 aromatic rings. The molecule has 7 heteroatoms. The third kappa shape index (κ3) is 4.29. The predicted octanol–water partition coefficient (Wildman–Crippen LogP) is 1.72. The molecule has 24 heavy (non-hydrogen) atoms. The molecule has 3 atom stereocenters. The van der Waals surface area contributed by atoms with Gasteiger partial charge < -0.3 is 10.6 Å². The molecule has 3 rings (SSSR count). The van der Waals surface area contributed by atoms with Crippen molar-refractivity contribution in [2.45, 2.75) is 37.8 Å². The van der Waals surface area contributed by atoms with Gasteiger partial charge in [0.1, 0.15) is 6.04 Å². The maximum Gasteiger partial charge on any atom is 0.238 e. The molecule has 5 nitrogen and oxygen atoms in total. The Balaban J connectivity index is 0.00000208. The van der Waals surface area contributed by atoms with Crippen molar-refractivity contribution in [1.29, 1.82) is 0 Å². The van der Waals surface area contributed by atoms with Crippen molar-refractivity contribution < 1.29 is 4.79 Å². The van der Waals surface area contributed by atoms with Gasteiger partial charge in [-0.2, -0.15) is 0 Å². The van der Waals surface area contributed by atoms with Gasteiger partial charge in [-0.15, -0.1) is 12.4 Å². The quantitative estimate of drug-likeness (QED) is 0.602. The van der Waals surface area contributed by atoms with Gasteiger partial charge in [0.15, 0.2) is 0 Å². The van der Waals surface area contributed by atoms with Gasteiger partial charge >= 0.3 is 0 Å². The molecule has 3 unspecified atom stereocenters. The number of piperidine rings is 1.